The molecule has 94 valence electrons. The van der Waals surface area contributed by atoms with Gasteiger partial charge in [0.25, 0.3) is 0 Å². The summed E-state index contributed by atoms with van der Waals surface area (Å²) in [5.74, 6) is 0. The SMILES string of the molecule is C=CCN(CC)S(=O)(=O)c1ccc(C)cc1Br. The van der Waals surface area contributed by atoms with Crippen LogP contribution in [0.5, 0.6) is 0 Å². The summed E-state index contributed by atoms with van der Waals surface area (Å²) >= 11 is 3.30. The van der Waals surface area contributed by atoms with Gasteiger partial charge in [-0.05, 0) is 40.5 Å². The number of rotatable bonds is 5. The van der Waals surface area contributed by atoms with Crippen molar-refractivity contribution in [3.05, 3.63) is 40.9 Å². The van der Waals surface area contributed by atoms with Crippen molar-refractivity contribution >= 4 is 26.0 Å². The van der Waals surface area contributed by atoms with E-state index in [1.54, 1.807) is 24.3 Å². The zero-order valence-electron chi connectivity index (χ0n) is 9.98. The molecule has 0 N–H and O–H groups in total. The van der Waals surface area contributed by atoms with Crippen LogP contribution in [0, 0.1) is 6.92 Å². The van der Waals surface area contributed by atoms with Crippen molar-refractivity contribution < 1.29 is 8.42 Å². The molecular weight excluding hydrogens is 302 g/mol. The molecule has 0 aromatic heterocycles. The van der Waals surface area contributed by atoms with Crippen LogP contribution < -0.4 is 0 Å². The van der Waals surface area contributed by atoms with Crippen molar-refractivity contribution in [2.75, 3.05) is 13.1 Å². The van der Waals surface area contributed by atoms with Crippen molar-refractivity contribution in [2.45, 2.75) is 18.7 Å². The Morgan fingerprint density at radius 1 is 1.47 bits per heavy atom. The van der Waals surface area contributed by atoms with E-state index in [1.165, 1.54) is 4.31 Å². The van der Waals surface area contributed by atoms with E-state index in [0.29, 0.717) is 22.5 Å². The summed E-state index contributed by atoms with van der Waals surface area (Å²) in [6, 6.07) is 5.22. The summed E-state index contributed by atoms with van der Waals surface area (Å²) in [7, 11) is -3.45. The minimum Gasteiger partial charge on any atom is -0.207 e. The lowest BCUT2D eigenvalue weighted by Gasteiger charge is -2.19. The van der Waals surface area contributed by atoms with Gasteiger partial charge in [0.2, 0.25) is 10.0 Å². The molecule has 1 aromatic carbocycles. The van der Waals surface area contributed by atoms with E-state index >= 15 is 0 Å². The van der Waals surface area contributed by atoms with Gasteiger partial charge >= 0.3 is 0 Å². The first-order valence-corrected chi connectivity index (χ1v) is 7.54. The van der Waals surface area contributed by atoms with Crippen LogP contribution in [0.15, 0.2) is 40.2 Å². The number of aryl methyl sites for hydroxylation is 1. The van der Waals surface area contributed by atoms with E-state index in [1.807, 2.05) is 13.8 Å². The third kappa shape index (κ3) is 3.18. The molecule has 0 radical (unpaired) electrons. The van der Waals surface area contributed by atoms with Gasteiger partial charge < -0.3 is 0 Å². The van der Waals surface area contributed by atoms with Crippen molar-refractivity contribution in [1.29, 1.82) is 0 Å². The predicted octanol–water partition coefficient (Wildman–Crippen LogP) is 2.95. The monoisotopic (exact) mass is 317 g/mol. The average molecular weight is 318 g/mol. The number of benzene rings is 1. The van der Waals surface area contributed by atoms with Gasteiger partial charge in [-0.15, -0.1) is 6.58 Å². The second-order valence-electron chi connectivity index (χ2n) is 3.68. The van der Waals surface area contributed by atoms with E-state index < -0.39 is 10.0 Å². The molecular formula is C12H16BrNO2S. The molecule has 0 saturated heterocycles. The van der Waals surface area contributed by atoms with Gasteiger partial charge in [0, 0.05) is 17.6 Å². The Morgan fingerprint density at radius 2 is 2.12 bits per heavy atom. The lowest BCUT2D eigenvalue weighted by Crippen LogP contribution is -2.31. The van der Waals surface area contributed by atoms with Crippen molar-refractivity contribution in [2.24, 2.45) is 0 Å². The lowest BCUT2D eigenvalue weighted by atomic mass is 10.2. The van der Waals surface area contributed by atoms with Crippen molar-refractivity contribution in [3.63, 3.8) is 0 Å². The molecule has 0 heterocycles. The minimum absolute atomic E-state index is 0.298. The highest BCUT2D eigenvalue weighted by Crippen LogP contribution is 2.25. The molecule has 1 aromatic rings. The molecule has 0 amide bonds. The Balaban J connectivity index is 3.24. The van der Waals surface area contributed by atoms with Crippen LogP contribution in [0.1, 0.15) is 12.5 Å². The normalized spacial score (nSPS) is 11.8. The number of sulfonamides is 1. The first-order chi connectivity index (χ1) is 7.93. The Labute approximate surface area is 111 Å². The highest BCUT2D eigenvalue weighted by atomic mass is 79.9. The fraction of sp³-hybridized carbons (Fsp3) is 0.333. The third-order valence-corrected chi connectivity index (χ3v) is 5.31. The number of hydrogen-bond donors (Lipinski definition) is 0. The molecule has 0 spiro atoms. The van der Waals surface area contributed by atoms with Crippen molar-refractivity contribution in [3.8, 4) is 0 Å². The number of likely N-dealkylation sites (N-methyl/N-ethyl adjacent to an activating group) is 1. The molecule has 0 aliphatic heterocycles. The second-order valence-corrected chi connectivity index (χ2v) is 6.44. The summed E-state index contributed by atoms with van der Waals surface area (Å²) in [5.41, 5.74) is 1.02. The fourth-order valence-corrected chi connectivity index (χ4v) is 4.07. The van der Waals surface area contributed by atoms with E-state index in [9.17, 15) is 8.42 Å². The highest BCUT2D eigenvalue weighted by molar-refractivity contribution is 9.10. The van der Waals surface area contributed by atoms with Gasteiger partial charge in [0.05, 0.1) is 4.90 Å². The maximum absolute atomic E-state index is 12.3. The van der Waals surface area contributed by atoms with E-state index in [-0.39, 0.29) is 0 Å². The molecule has 0 unspecified atom stereocenters. The van der Waals surface area contributed by atoms with Crippen molar-refractivity contribution in [1.82, 2.24) is 4.31 Å². The number of hydrogen-bond acceptors (Lipinski definition) is 2. The summed E-state index contributed by atoms with van der Waals surface area (Å²) in [4.78, 5) is 0.298. The largest absolute Gasteiger partial charge is 0.244 e. The standard InChI is InChI=1S/C12H16BrNO2S/c1-4-8-14(5-2)17(15,16)12-7-6-10(3)9-11(12)13/h4,6-7,9H,1,5,8H2,2-3H3. The summed E-state index contributed by atoms with van der Waals surface area (Å²) in [6.45, 7) is 8.05. The molecule has 0 aliphatic carbocycles. The number of nitrogens with zero attached hydrogens (tertiary/aromatic N) is 1. The molecule has 3 nitrogen and oxygen atoms in total. The maximum Gasteiger partial charge on any atom is 0.244 e. The van der Waals surface area contributed by atoms with Crippen LogP contribution >= 0.6 is 15.9 Å². The summed E-state index contributed by atoms with van der Waals surface area (Å²) in [6.07, 6.45) is 1.59. The lowest BCUT2D eigenvalue weighted by molar-refractivity contribution is 0.459. The molecule has 5 heteroatoms. The minimum atomic E-state index is -3.45. The molecule has 0 aliphatic rings. The number of halogens is 1. The van der Waals surface area contributed by atoms with E-state index in [0.717, 1.165) is 5.56 Å². The van der Waals surface area contributed by atoms with Gasteiger partial charge in [-0.1, -0.05) is 19.1 Å². The summed E-state index contributed by atoms with van der Waals surface area (Å²) in [5, 5.41) is 0. The van der Waals surface area contributed by atoms with Gasteiger partial charge in [0.1, 0.15) is 0 Å². The van der Waals surface area contributed by atoms with Gasteiger partial charge in [-0.3, -0.25) is 0 Å². The third-order valence-electron chi connectivity index (χ3n) is 2.39. The molecule has 0 saturated carbocycles. The first-order valence-electron chi connectivity index (χ1n) is 5.30. The van der Waals surface area contributed by atoms with E-state index in [4.69, 9.17) is 0 Å². The van der Waals surface area contributed by atoms with Gasteiger partial charge in [-0.25, -0.2) is 8.42 Å². The Morgan fingerprint density at radius 3 is 2.59 bits per heavy atom. The van der Waals surface area contributed by atoms with Crippen LogP contribution in [0.3, 0.4) is 0 Å². The predicted molar refractivity (Wildman–Crippen MR) is 73.5 cm³/mol. The van der Waals surface area contributed by atoms with Gasteiger partial charge in [-0.2, -0.15) is 4.31 Å². The molecule has 0 fully saturated rings. The van der Waals surface area contributed by atoms with Gasteiger partial charge in [0.15, 0.2) is 0 Å². The van der Waals surface area contributed by atoms with Crippen LogP contribution in [0.4, 0.5) is 0 Å². The average Bonchev–Trinajstić information content (AvgIpc) is 2.24. The van der Waals surface area contributed by atoms with Crippen LogP contribution in [0.2, 0.25) is 0 Å². The highest BCUT2D eigenvalue weighted by Gasteiger charge is 2.24. The second kappa shape index (κ2) is 5.80. The molecule has 1 rings (SSSR count). The Hall–Kier alpha value is -0.650. The quantitative estimate of drug-likeness (QED) is 0.783. The Bertz CT molecular complexity index is 511. The van der Waals surface area contributed by atoms with Crippen LogP contribution in [-0.4, -0.2) is 25.8 Å². The molecule has 0 bridgehead atoms. The smallest absolute Gasteiger partial charge is 0.207 e. The maximum atomic E-state index is 12.3. The molecule has 0 atom stereocenters. The first kappa shape index (κ1) is 14.4. The summed E-state index contributed by atoms with van der Waals surface area (Å²) < 4.78 is 26.6. The topological polar surface area (TPSA) is 37.4 Å². The zero-order chi connectivity index (χ0) is 13.1. The fourth-order valence-electron chi connectivity index (χ4n) is 1.50. The van der Waals surface area contributed by atoms with Crippen LogP contribution in [0.25, 0.3) is 0 Å². The Kier molecular flexibility index (Phi) is 4.91. The van der Waals surface area contributed by atoms with E-state index in [2.05, 4.69) is 22.5 Å². The molecule has 17 heavy (non-hydrogen) atoms. The van der Waals surface area contributed by atoms with Crippen LogP contribution in [-0.2, 0) is 10.0 Å². The zero-order valence-corrected chi connectivity index (χ0v) is 12.4.